The quantitative estimate of drug-likeness (QED) is 0.362. The molecular weight excluding hydrogens is 394 g/mol. The van der Waals surface area contributed by atoms with Crippen LogP contribution >= 0.6 is 0 Å². The van der Waals surface area contributed by atoms with Crippen LogP contribution in [0.1, 0.15) is 35.4 Å². The second-order valence-corrected chi connectivity index (χ2v) is 7.44. The SMILES string of the molecule is CCOc1ccc(/C(O)=C2/C(=O)C(=O)N(c3cccc(C)c3)C2c2ccco2)cc1C. The van der Waals surface area contributed by atoms with Crippen molar-refractivity contribution in [3.05, 3.63) is 88.9 Å². The molecule has 1 aliphatic heterocycles. The third kappa shape index (κ3) is 3.61. The number of hydrogen-bond acceptors (Lipinski definition) is 5. The zero-order valence-electron chi connectivity index (χ0n) is 17.6. The van der Waals surface area contributed by atoms with Crippen molar-refractivity contribution in [2.75, 3.05) is 11.5 Å². The number of carbonyl (C=O) groups excluding carboxylic acids is 2. The summed E-state index contributed by atoms with van der Waals surface area (Å²) in [5.41, 5.74) is 2.74. The summed E-state index contributed by atoms with van der Waals surface area (Å²) in [4.78, 5) is 27.5. The van der Waals surface area contributed by atoms with Crippen LogP contribution in [0.5, 0.6) is 5.75 Å². The molecule has 1 amide bonds. The smallest absolute Gasteiger partial charge is 0.300 e. The van der Waals surface area contributed by atoms with Gasteiger partial charge in [-0.2, -0.15) is 0 Å². The number of aryl methyl sites for hydroxylation is 2. The molecule has 1 fully saturated rings. The lowest BCUT2D eigenvalue weighted by molar-refractivity contribution is -0.132. The Balaban J connectivity index is 1.88. The van der Waals surface area contributed by atoms with Gasteiger partial charge < -0.3 is 14.3 Å². The standard InChI is InChI=1S/C25H23NO5/c1-4-30-19-11-10-17(14-16(19)3)23(27)21-22(20-9-6-12-31-20)26(25(29)24(21)28)18-8-5-7-15(2)13-18/h5-14,22,27H,4H2,1-3H3/b23-21-. The van der Waals surface area contributed by atoms with E-state index < -0.39 is 17.7 Å². The predicted octanol–water partition coefficient (Wildman–Crippen LogP) is 4.92. The summed E-state index contributed by atoms with van der Waals surface area (Å²) in [6.45, 7) is 6.18. The Kier molecular flexibility index (Phi) is 5.38. The normalized spacial score (nSPS) is 17.9. The monoisotopic (exact) mass is 417 g/mol. The van der Waals surface area contributed by atoms with E-state index in [1.165, 1.54) is 11.2 Å². The summed E-state index contributed by atoms with van der Waals surface area (Å²) in [7, 11) is 0. The first-order valence-corrected chi connectivity index (χ1v) is 10.1. The number of carbonyl (C=O) groups is 2. The van der Waals surface area contributed by atoms with Crippen molar-refractivity contribution in [2.45, 2.75) is 26.8 Å². The van der Waals surface area contributed by atoms with E-state index in [1.807, 2.05) is 39.0 Å². The Hall–Kier alpha value is -3.80. The molecule has 2 aromatic carbocycles. The maximum atomic E-state index is 13.1. The Morgan fingerprint density at radius 1 is 1.10 bits per heavy atom. The zero-order chi connectivity index (χ0) is 22.1. The minimum Gasteiger partial charge on any atom is -0.507 e. The lowest BCUT2D eigenvalue weighted by Gasteiger charge is -2.23. The van der Waals surface area contributed by atoms with Gasteiger partial charge in [0.2, 0.25) is 0 Å². The van der Waals surface area contributed by atoms with Crippen molar-refractivity contribution in [2.24, 2.45) is 0 Å². The first-order chi connectivity index (χ1) is 14.9. The van der Waals surface area contributed by atoms with Gasteiger partial charge in [-0.25, -0.2) is 0 Å². The minimum atomic E-state index is -0.872. The number of amides is 1. The molecular formula is C25H23NO5. The molecule has 1 unspecified atom stereocenters. The van der Waals surface area contributed by atoms with Crippen molar-refractivity contribution < 1.29 is 23.8 Å². The van der Waals surface area contributed by atoms with E-state index in [0.717, 1.165) is 11.1 Å². The molecule has 0 spiro atoms. The third-order valence-corrected chi connectivity index (χ3v) is 5.29. The van der Waals surface area contributed by atoms with E-state index >= 15 is 0 Å². The molecule has 1 atom stereocenters. The van der Waals surface area contributed by atoms with Crippen LogP contribution in [0.3, 0.4) is 0 Å². The molecule has 6 heteroatoms. The van der Waals surface area contributed by atoms with Crippen LogP contribution < -0.4 is 9.64 Å². The Bertz CT molecular complexity index is 1180. The van der Waals surface area contributed by atoms with E-state index in [0.29, 0.717) is 29.4 Å². The highest BCUT2D eigenvalue weighted by atomic mass is 16.5. The molecule has 0 aliphatic carbocycles. The molecule has 3 aromatic rings. The number of ketones is 1. The lowest BCUT2D eigenvalue weighted by atomic mass is 9.98. The first-order valence-electron chi connectivity index (χ1n) is 10.1. The van der Waals surface area contributed by atoms with E-state index in [-0.39, 0.29) is 11.3 Å². The molecule has 0 bridgehead atoms. The van der Waals surface area contributed by atoms with Gasteiger partial charge in [0.1, 0.15) is 23.3 Å². The molecule has 0 saturated carbocycles. The van der Waals surface area contributed by atoms with E-state index in [1.54, 1.807) is 36.4 Å². The molecule has 2 heterocycles. The molecule has 1 aliphatic rings. The number of aliphatic hydroxyl groups is 1. The number of hydrogen-bond donors (Lipinski definition) is 1. The van der Waals surface area contributed by atoms with Gasteiger partial charge in [-0.05, 0) is 74.4 Å². The van der Waals surface area contributed by atoms with Crippen molar-refractivity contribution in [3.8, 4) is 5.75 Å². The minimum absolute atomic E-state index is 0.00924. The van der Waals surface area contributed by atoms with Crippen LogP contribution in [-0.2, 0) is 9.59 Å². The second-order valence-electron chi connectivity index (χ2n) is 7.44. The number of benzene rings is 2. The summed E-state index contributed by atoms with van der Waals surface area (Å²) in [5, 5.41) is 11.1. The summed E-state index contributed by atoms with van der Waals surface area (Å²) in [6, 6.07) is 15.0. The Morgan fingerprint density at radius 2 is 1.90 bits per heavy atom. The fourth-order valence-electron chi connectivity index (χ4n) is 3.86. The molecule has 1 aromatic heterocycles. The number of aliphatic hydroxyl groups excluding tert-OH is 1. The number of rotatable bonds is 5. The summed E-state index contributed by atoms with van der Waals surface area (Å²) < 4.78 is 11.1. The molecule has 4 rings (SSSR count). The highest BCUT2D eigenvalue weighted by molar-refractivity contribution is 6.51. The van der Waals surface area contributed by atoms with E-state index in [2.05, 4.69) is 0 Å². The van der Waals surface area contributed by atoms with E-state index in [4.69, 9.17) is 9.15 Å². The van der Waals surface area contributed by atoms with Gasteiger partial charge in [0.25, 0.3) is 11.7 Å². The fourth-order valence-corrected chi connectivity index (χ4v) is 3.86. The molecule has 1 N–H and O–H groups in total. The number of anilines is 1. The van der Waals surface area contributed by atoms with Crippen LogP contribution in [0.25, 0.3) is 5.76 Å². The molecule has 6 nitrogen and oxygen atoms in total. The van der Waals surface area contributed by atoms with Crippen LogP contribution in [-0.4, -0.2) is 23.4 Å². The average Bonchev–Trinajstić information content (AvgIpc) is 3.36. The number of furan rings is 1. The first kappa shape index (κ1) is 20.5. The van der Waals surface area contributed by atoms with Crippen LogP contribution in [0, 0.1) is 13.8 Å². The molecule has 1 saturated heterocycles. The van der Waals surface area contributed by atoms with Crippen molar-refractivity contribution in [1.29, 1.82) is 0 Å². The van der Waals surface area contributed by atoms with Gasteiger partial charge >= 0.3 is 0 Å². The number of ether oxygens (including phenoxy) is 1. The summed E-state index contributed by atoms with van der Waals surface area (Å²) in [6.07, 6.45) is 1.48. The largest absolute Gasteiger partial charge is 0.507 e. The highest BCUT2D eigenvalue weighted by Gasteiger charge is 2.48. The van der Waals surface area contributed by atoms with Crippen molar-refractivity contribution in [3.63, 3.8) is 0 Å². The Morgan fingerprint density at radius 3 is 2.55 bits per heavy atom. The van der Waals surface area contributed by atoms with Crippen molar-refractivity contribution in [1.82, 2.24) is 0 Å². The van der Waals surface area contributed by atoms with Crippen LogP contribution in [0.4, 0.5) is 5.69 Å². The van der Waals surface area contributed by atoms with Crippen LogP contribution in [0.15, 0.2) is 70.9 Å². The fraction of sp³-hybridized carbons (Fsp3) is 0.200. The molecule has 158 valence electrons. The maximum absolute atomic E-state index is 13.1. The van der Waals surface area contributed by atoms with Gasteiger partial charge in [-0.1, -0.05) is 12.1 Å². The predicted molar refractivity (Wildman–Crippen MR) is 117 cm³/mol. The number of nitrogens with zero attached hydrogens (tertiary/aromatic N) is 1. The number of Topliss-reactive ketones (excluding diaryl/α,β-unsaturated/α-hetero) is 1. The average molecular weight is 417 g/mol. The molecule has 31 heavy (non-hydrogen) atoms. The van der Waals surface area contributed by atoms with E-state index in [9.17, 15) is 14.7 Å². The van der Waals surface area contributed by atoms with Gasteiger partial charge in [-0.15, -0.1) is 0 Å². The second kappa shape index (κ2) is 8.14. The lowest BCUT2D eigenvalue weighted by Crippen LogP contribution is -2.29. The van der Waals surface area contributed by atoms with Gasteiger partial charge in [-0.3, -0.25) is 14.5 Å². The highest BCUT2D eigenvalue weighted by Crippen LogP contribution is 2.42. The van der Waals surface area contributed by atoms with Crippen molar-refractivity contribution >= 4 is 23.1 Å². The summed E-state index contributed by atoms with van der Waals surface area (Å²) >= 11 is 0. The topological polar surface area (TPSA) is 80.0 Å². The zero-order valence-corrected chi connectivity index (χ0v) is 17.6. The van der Waals surface area contributed by atoms with Gasteiger partial charge in [0, 0.05) is 11.3 Å². The Labute approximate surface area is 180 Å². The van der Waals surface area contributed by atoms with Gasteiger partial charge in [0.05, 0.1) is 18.4 Å². The van der Waals surface area contributed by atoms with Crippen LogP contribution in [0.2, 0.25) is 0 Å². The summed E-state index contributed by atoms with van der Waals surface area (Å²) in [5.74, 6) is -0.629. The maximum Gasteiger partial charge on any atom is 0.300 e. The third-order valence-electron chi connectivity index (χ3n) is 5.29. The van der Waals surface area contributed by atoms with Gasteiger partial charge in [0.15, 0.2) is 0 Å². The molecule has 0 radical (unpaired) electrons.